The Balaban J connectivity index is 1.25. The third-order valence-electron chi connectivity index (χ3n) is 6.37. The fourth-order valence-electron chi connectivity index (χ4n) is 4.32. The minimum absolute atomic E-state index is 0.00796. The molecule has 0 saturated carbocycles. The molecule has 2 heterocycles. The van der Waals surface area contributed by atoms with Gasteiger partial charge in [0.25, 0.3) is 5.91 Å². The van der Waals surface area contributed by atoms with E-state index in [1.165, 1.54) is 0 Å². The number of anilines is 1. The molecule has 2 fully saturated rings. The van der Waals surface area contributed by atoms with Crippen LogP contribution in [0.15, 0.2) is 54.6 Å². The van der Waals surface area contributed by atoms with Gasteiger partial charge in [-0.05, 0) is 31.2 Å². The van der Waals surface area contributed by atoms with E-state index in [1.54, 1.807) is 17.0 Å². The summed E-state index contributed by atoms with van der Waals surface area (Å²) in [6, 6.07) is 17.2. The van der Waals surface area contributed by atoms with Crippen molar-refractivity contribution in [2.75, 3.05) is 37.6 Å². The highest BCUT2D eigenvalue weighted by atomic mass is 16.5. The summed E-state index contributed by atoms with van der Waals surface area (Å²) in [5.74, 6) is -0.389. The van der Waals surface area contributed by atoms with Crippen LogP contribution in [0.3, 0.4) is 0 Å². The molecular formula is C25H31N3O5. The molecule has 2 aromatic carbocycles. The molecule has 2 saturated heterocycles. The van der Waals surface area contributed by atoms with Gasteiger partial charge in [0, 0.05) is 44.0 Å². The van der Waals surface area contributed by atoms with Crippen molar-refractivity contribution in [3.05, 3.63) is 65.7 Å². The number of carbonyl (C=O) groups is 2. The highest BCUT2D eigenvalue weighted by Gasteiger charge is 2.44. The van der Waals surface area contributed by atoms with E-state index in [-0.39, 0.29) is 24.8 Å². The zero-order valence-corrected chi connectivity index (χ0v) is 18.8. The van der Waals surface area contributed by atoms with E-state index in [0.29, 0.717) is 18.7 Å². The summed E-state index contributed by atoms with van der Waals surface area (Å²) in [4.78, 5) is 29.1. The molecule has 3 N–H and O–H groups in total. The number of aryl methyl sites for hydroxylation is 1. The van der Waals surface area contributed by atoms with Crippen LogP contribution in [0.1, 0.15) is 22.3 Å². The van der Waals surface area contributed by atoms with Gasteiger partial charge in [-0.1, -0.05) is 35.9 Å². The maximum absolute atomic E-state index is 12.8. The van der Waals surface area contributed by atoms with Crippen LogP contribution in [0.25, 0.3) is 0 Å². The number of benzene rings is 2. The predicted octanol–water partition coefficient (Wildman–Crippen LogP) is 0.953. The van der Waals surface area contributed by atoms with Gasteiger partial charge in [0.2, 0.25) is 5.91 Å². The minimum atomic E-state index is -1.18. The number of rotatable bonds is 6. The average molecular weight is 454 g/mol. The lowest BCUT2D eigenvalue weighted by molar-refractivity contribution is -0.135. The maximum Gasteiger partial charge on any atom is 0.251 e. The molecular weight excluding hydrogens is 422 g/mol. The Kier molecular flexibility index (Phi) is 7.27. The van der Waals surface area contributed by atoms with Gasteiger partial charge in [-0.3, -0.25) is 9.59 Å². The van der Waals surface area contributed by atoms with E-state index in [9.17, 15) is 19.8 Å². The molecule has 4 atom stereocenters. The van der Waals surface area contributed by atoms with E-state index >= 15 is 0 Å². The number of para-hydroxylation sites is 1. The molecule has 0 bridgehead atoms. The van der Waals surface area contributed by atoms with E-state index in [4.69, 9.17) is 4.74 Å². The highest BCUT2D eigenvalue weighted by molar-refractivity contribution is 5.94. The second kappa shape index (κ2) is 10.3. The van der Waals surface area contributed by atoms with Crippen molar-refractivity contribution in [1.29, 1.82) is 0 Å². The molecule has 2 amide bonds. The van der Waals surface area contributed by atoms with E-state index in [2.05, 4.69) is 22.3 Å². The summed E-state index contributed by atoms with van der Waals surface area (Å²) in [5.41, 5.74) is 2.70. The van der Waals surface area contributed by atoms with Crippen molar-refractivity contribution in [3.63, 3.8) is 0 Å². The maximum atomic E-state index is 12.8. The normalized spacial score (nSPS) is 25.2. The largest absolute Gasteiger partial charge is 0.388 e. The van der Waals surface area contributed by atoms with Crippen molar-refractivity contribution in [2.45, 2.75) is 37.8 Å². The Labute approximate surface area is 193 Å². The first kappa shape index (κ1) is 23.2. The number of nitrogens with zero attached hydrogens (tertiary/aromatic N) is 2. The van der Waals surface area contributed by atoms with E-state index in [1.807, 2.05) is 37.3 Å². The molecule has 4 rings (SSSR count). The molecule has 33 heavy (non-hydrogen) atoms. The Morgan fingerprint density at radius 1 is 0.939 bits per heavy atom. The molecule has 176 valence electrons. The van der Waals surface area contributed by atoms with Gasteiger partial charge in [-0.25, -0.2) is 0 Å². The zero-order valence-electron chi connectivity index (χ0n) is 18.8. The second-order valence-corrected chi connectivity index (χ2v) is 8.68. The van der Waals surface area contributed by atoms with Gasteiger partial charge in [-0.2, -0.15) is 0 Å². The Bertz CT molecular complexity index is 944. The molecule has 2 aromatic rings. The van der Waals surface area contributed by atoms with Crippen molar-refractivity contribution in [1.82, 2.24) is 10.2 Å². The van der Waals surface area contributed by atoms with Crippen LogP contribution < -0.4 is 10.2 Å². The summed E-state index contributed by atoms with van der Waals surface area (Å²) in [6.45, 7) is 4.65. The van der Waals surface area contributed by atoms with E-state index < -0.39 is 24.4 Å². The topological polar surface area (TPSA) is 102 Å². The highest BCUT2D eigenvalue weighted by Crippen LogP contribution is 2.25. The molecule has 0 aliphatic carbocycles. The standard InChI is InChI=1S/C25H31N3O5/c1-17-7-9-18(10-8-17)25(32)26-16-21-24(31)23(30)20(33-21)15-22(29)28-13-11-27(12-14-28)19-5-3-2-4-6-19/h2-10,20-21,23-24,30-31H,11-16H2,1H3,(H,26,32). The lowest BCUT2D eigenvalue weighted by Crippen LogP contribution is -2.49. The SMILES string of the molecule is Cc1ccc(C(=O)NCC2OC(CC(=O)N3CCN(c4ccccc4)CC3)C(O)C2O)cc1. The lowest BCUT2D eigenvalue weighted by Gasteiger charge is -2.36. The lowest BCUT2D eigenvalue weighted by atomic mass is 10.0. The van der Waals surface area contributed by atoms with Gasteiger partial charge in [-0.15, -0.1) is 0 Å². The molecule has 2 aliphatic rings. The van der Waals surface area contributed by atoms with Gasteiger partial charge in [0.1, 0.15) is 18.3 Å². The number of amides is 2. The molecule has 4 unspecified atom stereocenters. The molecule has 0 spiro atoms. The number of hydrogen-bond acceptors (Lipinski definition) is 6. The Morgan fingerprint density at radius 2 is 1.58 bits per heavy atom. The monoisotopic (exact) mass is 453 g/mol. The molecule has 2 aliphatic heterocycles. The summed E-state index contributed by atoms with van der Waals surface area (Å²) >= 11 is 0. The fraction of sp³-hybridized carbons (Fsp3) is 0.440. The van der Waals surface area contributed by atoms with Crippen molar-refractivity contribution < 1.29 is 24.5 Å². The fourth-order valence-corrected chi connectivity index (χ4v) is 4.32. The van der Waals surface area contributed by atoms with Crippen molar-refractivity contribution in [3.8, 4) is 0 Å². The van der Waals surface area contributed by atoms with Crippen LogP contribution in [-0.4, -0.2) is 84.1 Å². The first-order valence-corrected chi connectivity index (χ1v) is 11.4. The number of aliphatic hydroxyl groups excluding tert-OH is 2. The van der Waals surface area contributed by atoms with Crippen LogP contribution in [0.4, 0.5) is 5.69 Å². The summed E-state index contributed by atoms with van der Waals surface area (Å²) < 4.78 is 5.77. The summed E-state index contributed by atoms with van der Waals surface area (Å²) in [6.07, 6.45) is -3.94. The number of ether oxygens (including phenoxy) is 1. The Morgan fingerprint density at radius 3 is 2.24 bits per heavy atom. The van der Waals surface area contributed by atoms with Gasteiger partial charge >= 0.3 is 0 Å². The Hall–Kier alpha value is -2.94. The summed E-state index contributed by atoms with van der Waals surface area (Å²) in [7, 11) is 0. The molecule has 8 heteroatoms. The predicted molar refractivity (Wildman–Crippen MR) is 124 cm³/mol. The summed E-state index contributed by atoms with van der Waals surface area (Å²) in [5, 5.41) is 23.5. The average Bonchev–Trinajstić information content (AvgIpc) is 3.11. The van der Waals surface area contributed by atoms with Gasteiger partial charge < -0.3 is 30.1 Å². The van der Waals surface area contributed by atoms with Gasteiger partial charge in [0.15, 0.2) is 0 Å². The number of hydrogen-bond donors (Lipinski definition) is 3. The molecule has 0 radical (unpaired) electrons. The molecule has 0 aromatic heterocycles. The second-order valence-electron chi connectivity index (χ2n) is 8.68. The quantitative estimate of drug-likeness (QED) is 0.602. The number of carbonyl (C=O) groups excluding carboxylic acids is 2. The smallest absolute Gasteiger partial charge is 0.251 e. The first-order valence-electron chi connectivity index (χ1n) is 11.4. The van der Waals surface area contributed by atoms with Crippen molar-refractivity contribution >= 4 is 17.5 Å². The van der Waals surface area contributed by atoms with Gasteiger partial charge in [0.05, 0.1) is 12.5 Å². The first-order chi connectivity index (χ1) is 15.9. The minimum Gasteiger partial charge on any atom is -0.388 e. The number of nitrogens with one attached hydrogen (secondary N) is 1. The zero-order chi connectivity index (χ0) is 23.4. The third-order valence-corrected chi connectivity index (χ3v) is 6.37. The third kappa shape index (κ3) is 5.52. The number of piperazine rings is 1. The van der Waals surface area contributed by atoms with Crippen LogP contribution >= 0.6 is 0 Å². The number of aliphatic hydroxyl groups is 2. The van der Waals surface area contributed by atoms with Crippen LogP contribution in [-0.2, 0) is 9.53 Å². The van der Waals surface area contributed by atoms with Crippen molar-refractivity contribution in [2.24, 2.45) is 0 Å². The van der Waals surface area contributed by atoms with E-state index in [0.717, 1.165) is 24.3 Å². The molecule has 8 nitrogen and oxygen atoms in total. The van der Waals surface area contributed by atoms with Crippen LogP contribution in [0.5, 0.6) is 0 Å². The van der Waals surface area contributed by atoms with Crippen LogP contribution in [0.2, 0.25) is 0 Å². The van der Waals surface area contributed by atoms with Crippen LogP contribution in [0, 0.1) is 6.92 Å².